The van der Waals surface area contributed by atoms with Crippen molar-refractivity contribution in [2.75, 3.05) is 31.1 Å². The van der Waals surface area contributed by atoms with Crippen LogP contribution in [0.2, 0.25) is 0 Å². The summed E-state index contributed by atoms with van der Waals surface area (Å²) >= 11 is 0. The number of carbonyl (C=O) groups is 2. The number of hydrogen-bond acceptors (Lipinski definition) is 5. The average molecular weight is 519 g/mol. The number of benzene rings is 2. The lowest BCUT2D eigenvalue weighted by Crippen LogP contribution is -2.29. The molecular formula is C28H33F3N2O4. The number of Topliss-reactive ketones (excluding diaryl/α,β-unsaturated/α-hetero) is 1. The summed E-state index contributed by atoms with van der Waals surface area (Å²) in [6.45, 7) is 1.81. The van der Waals surface area contributed by atoms with Crippen molar-refractivity contribution in [2.45, 2.75) is 63.6 Å². The number of halogens is 3. The van der Waals surface area contributed by atoms with E-state index in [1.807, 2.05) is 18.2 Å². The van der Waals surface area contributed by atoms with Crippen LogP contribution in [0.5, 0.6) is 5.75 Å². The number of carbonyl (C=O) groups excluding carboxylic acids is 1. The number of ketones is 1. The van der Waals surface area contributed by atoms with Crippen molar-refractivity contribution in [3.63, 3.8) is 0 Å². The average Bonchev–Trinajstić information content (AvgIpc) is 3.53. The number of nitrogens with zero attached hydrogens (tertiary/aromatic N) is 1. The van der Waals surface area contributed by atoms with Crippen LogP contribution in [0, 0.1) is 0 Å². The van der Waals surface area contributed by atoms with Crippen LogP contribution in [0.1, 0.15) is 66.7 Å². The van der Waals surface area contributed by atoms with E-state index in [1.54, 1.807) is 12.1 Å². The van der Waals surface area contributed by atoms with Crippen molar-refractivity contribution in [1.29, 1.82) is 0 Å². The Balaban J connectivity index is 1.31. The number of carboxylic acids is 1. The Morgan fingerprint density at radius 2 is 1.86 bits per heavy atom. The second kappa shape index (κ2) is 12.0. The Bertz CT molecular complexity index is 1110. The first-order valence-corrected chi connectivity index (χ1v) is 12.9. The smallest absolute Gasteiger partial charge is 0.416 e. The molecule has 0 saturated heterocycles. The van der Waals surface area contributed by atoms with Crippen molar-refractivity contribution in [3.8, 4) is 5.75 Å². The van der Waals surface area contributed by atoms with Crippen LogP contribution in [0.15, 0.2) is 36.4 Å². The molecule has 0 radical (unpaired) electrons. The van der Waals surface area contributed by atoms with Crippen LogP contribution in [-0.4, -0.2) is 43.0 Å². The third kappa shape index (κ3) is 7.25. The highest BCUT2D eigenvalue weighted by Crippen LogP contribution is 2.42. The number of hydrogen-bond donors (Lipinski definition) is 2. The monoisotopic (exact) mass is 518 g/mol. The van der Waals surface area contributed by atoms with Gasteiger partial charge in [0.2, 0.25) is 0 Å². The van der Waals surface area contributed by atoms with Crippen LogP contribution in [0.25, 0.3) is 0 Å². The van der Waals surface area contributed by atoms with Crippen LogP contribution in [0.3, 0.4) is 0 Å². The van der Waals surface area contributed by atoms with Crippen LogP contribution in [0.4, 0.5) is 18.9 Å². The molecule has 0 bridgehead atoms. The molecule has 2 N–H and O–H groups in total. The summed E-state index contributed by atoms with van der Waals surface area (Å²) in [6, 6.07) is 10.3. The quantitative estimate of drug-likeness (QED) is 0.370. The summed E-state index contributed by atoms with van der Waals surface area (Å²) in [6.07, 6.45) is 0.316. The summed E-state index contributed by atoms with van der Waals surface area (Å²) in [7, 11) is 0. The molecule has 2 aliphatic rings. The Kier molecular flexibility index (Phi) is 8.74. The maximum absolute atomic E-state index is 13.8. The van der Waals surface area contributed by atoms with Crippen LogP contribution < -0.4 is 15.0 Å². The van der Waals surface area contributed by atoms with Gasteiger partial charge in [0.05, 0.1) is 18.5 Å². The third-order valence-corrected chi connectivity index (χ3v) is 7.16. The van der Waals surface area contributed by atoms with Crippen molar-refractivity contribution in [3.05, 3.63) is 58.7 Å². The SMILES string of the molecule is O=C(O)CCNCC(=O)CCN1CCc2cc(OCc3ccc(C4CCCC4)c(C(F)(F)F)c3)ccc21. The molecule has 37 heavy (non-hydrogen) atoms. The van der Waals surface area contributed by atoms with Gasteiger partial charge < -0.3 is 20.1 Å². The molecule has 0 atom stereocenters. The highest BCUT2D eigenvalue weighted by molar-refractivity contribution is 5.81. The van der Waals surface area contributed by atoms with E-state index in [-0.39, 0.29) is 37.8 Å². The van der Waals surface area contributed by atoms with Gasteiger partial charge in [0, 0.05) is 31.7 Å². The Morgan fingerprint density at radius 1 is 1.08 bits per heavy atom. The first kappa shape index (κ1) is 27.0. The number of ether oxygens (including phenoxy) is 1. The second-order valence-electron chi connectivity index (χ2n) is 9.83. The molecule has 1 fully saturated rings. The summed E-state index contributed by atoms with van der Waals surface area (Å²) in [5, 5.41) is 11.5. The van der Waals surface area contributed by atoms with Gasteiger partial charge in [-0.25, -0.2) is 0 Å². The molecule has 0 unspecified atom stereocenters. The molecule has 1 heterocycles. The minimum absolute atomic E-state index is 0.0188. The van der Waals surface area contributed by atoms with Gasteiger partial charge in [-0.15, -0.1) is 0 Å². The summed E-state index contributed by atoms with van der Waals surface area (Å²) in [5.41, 5.74) is 2.46. The fourth-order valence-electron chi connectivity index (χ4n) is 5.24. The molecule has 0 spiro atoms. The van der Waals surface area contributed by atoms with Gasteiger partial charge in [-0.3, -0.25) is 9.59 Å². The summed E-state index contributed by atoms with van der Waals surface area (Å²) in [4.78, 5) is 24.7. The van der Waals surface area contributed by atoms with E-state index >= 15 is 0 Å². The minimum atomic E-state index is -4.39. The minimum Gasteiger partial charge on any atom is -0.489 e. The van der Waals surface area contributed by atoms with Gasteiger partial charge >= 0.3 is 12.1 Å². The van der Waals surface area contributed by atoms with Gasteiger partial charge in [-0.2, -0.15) is 13.2 Å². The van der Waals surface area contributed by atoms with E-state index in [4.69, 9.17) is 9.84 Å². The maximum Gasteiger partial charge on any atom is 0.416 e. The first-order chi connectivity index (χ1) is 17.7. The number of fused-ring (bicyclic) bond motifs is 1. The molecule has 1 saturated carbocycles. The highest BCUT2D eigenvalue weighted by Gasteiger charge is 2.36. The largest absolute Gasteiger partial charge is 0.489 e. The summed E-state index contributed by atoms with van der Waals surface area (Å²) < 4.78 is 47.1. The van der Waals surface area contributed by atoms with Gasteiger partial charge in [0.1, 0.15) is 18.1 Å². The standard InChI is InChI=1S/C28H33F3N2O4/c29-28(30,31)25-15-19(5-7-24(25)20-3-1-2-4-20)18-37-23-6-8-26-21(16-23)10-13-33(26)14-11-22(34)17-32-12-9-27(35)36/h5-8,15-16,20,32H,1-4,9-14,17-18H2,(H,35,36). The predicted octanol–water partition coefficient (Wildman–Crippen LogP) is 5.33. The lowest BCUT2D eigenvalue weighted by atomic mass is 9.91. The number of alkyl halides is 3. The number of carboxylic acid groups (broad SMARTS) is 1. The van der Waals surface area contributed by atoms with Crippen molar-refractivity contribution >= 4 is 17.4 Å². The molecule has 0 aromatic heterocycles. The lowest BCUT2D eigenvalue weighted by molar-refractivity contribution is -0.138. The lowest BCUT2D eigenvalue weighted by Gasteiger charge is -2.20. The number of anilines is 1. The van der Waals surface area contributed by atoms with Gasteiger partial charge in [0.15, 0.2) is 0 Å². The molecule has 4 rings (SSSR count). The molecule has 0 amide bonds. The van der Waals surface area contributed by atoms with E-state index < -0.39 is 17.7 Å². The zero-order valence-corrected chi connectivity index (χ0v) is 20.8. The maximum atomic E-state index is 13.8. The molecular weight excluding hydrogens is 485 g/mol. The predicted molar refractivity (Wildman–Crippen MR) is 134 cm³/mol. The third-order valence-electron chi connectivity index (χ3n) is 7.16. The number of nitrogens with one attached hydrogen (secondary N) is 1. The Morgan fingerprint density at radius 3 is 2.59 bits per heavy atom. The van der Waals surface area contributed by atoms with Crippen LogP contribution >= 0.6 is 0 Å². The van der Waals surface area contributed by atoms with E-state index in [2.05, 4.69) is 10.2 Å². The molecule has 1 aliphatic heterocycles. The molecule has 2 aromatic rings. The Labute approximate surface area is 214 Å². The topological polar surface area (TPSA) is 78.9 Å². The van der Waals surface area contributed by atoms with Gasteiger partial charge in [-0.05, 0) is 66.1 Å². The van der Waals surface area contributed by atoms with Gasteiger partial charge in [-0.1, -0.05) is 25.0 Å². The van der Waals surface area contributed by atoms with Crippen molar-refractivity contribution in [2.24, 2.45) is 0 Å². The fraction of sp³-hybridized carbons (Fsp3) is 0.500. The molecule has 2 aromatic carbocycles. The van der Waals surface area contributed by atoms with Crippen molar-refractivity contribution < 1.29 is 32.6 Å². The second-order valence-corrected chi connectivity index (χ2v) is 9.83. The Hall–Kier alpha value is -3.07. The highest BCUT2D eigenvalue weighted by atomic mass is 19.4. The number of rotatable bonds is 12. The zero-order chi connectivity index (χ0) is 26.4. The molecule has 1 aliphatic carbocycles. The van der Waals surface area contributed by atoms with E-state index in [9.17, 15) is 22.8 Å². The fourth-order valence-corrected chi connectivity index (χ4v) is 5.24. The zero-order valence-electron chi connectivity index (χ0n) is 20.8. The van der Waals surface area contributed by atoms with E-state index in [0.29, 0.717) is 29.8 Å². The number of aliphatic carboxylic acids is 1. The van der Waals surface area contributed by atoms with E-state index in [1.165, 1.54) is 6.07 Å². The van der Waals surface area contributed by atoms with E-state index in [0.717, 1.165) is 49.9 Å². The van der Waals surface area contributed by atoms with Gasteiger partial charge in [0.25, 0.3) is 0 Å². The first-order valence-electron chi connectivity index (χ1n) is 12.9. The molecule has 9 heteroatoms. The normalized spacial score (nSPS) is 15.7. The van der Waals surface area contributed by atoms with Crippen molar-refractivity contribution in [1.82, 2.24) is 5.32 Å². The summed E-state index contributed by atoms with van der Waals surface area (Å²) in [5.74, 6) is -0.293. The molecule has 6 nitrogen and oxygen atoms in total. The molecule has 200 valence electrons. The van der Waals surface area contributed by atoms with Crippen LogP contribution in [-0.2, 0) is 28.8 Å².